The number of carboxylic acids is 1. The minimum absolute atomic E-state index is 0.0221. The third kappa shape index (κ3) is 4.46. The van der Waals surface area contributed by atoms with Crippen LogP contribution in [0.1, 0.15) is 15.9 Å². The van der Waals surface area contributed by atoms with Crippen molar-refractivity contribution < 1.29 is 24.2 Å². The molecule has 1 amide bonds. The molecule has 0 radical (unpaired) electrons. The Bertz CT molecular complexity index is 1050. The number of halogens is 1. The molecule has 2 aromatic rings. The molecule has 1 aliphatic rings. The number of likely N-dealkylation sites (N-methyl/N-ethyl adjacent to an activating group) is 1. The fourth-order valence-electron chi connectivity index (χ4n) is 2.59. The Morgan fingerprint density at radius 2 is 1.90 bits per heavy atom. The predicted molar refractivity (Wildman–Crippen MR) is 113 cm³/mol. The number of nitrogens with zero attached hydrogens (tertiary/aromatic N) is 2. The van der Waals surface area contributed by atoms with Crippen LogP contribution in [0.5, 0.6) is 11.5 Å². The highest BCUT2D eigenvalue weighted by Gasteiger charge is 2.30. The molecular weight excluding hydrogens is 460 g/mol. The maximum absolute atomic E-state index is 12.7. The summed E-state index contributed by atoms with van der Waals surface area (Å²) in [5, 5.41) is 11.5. The summed E-state index contributed by atoms with van der Waals surface area (Å²) in [6, 6.07) is 9.58. The van der Waals surface area contributed by atoms with Crippen LogP contribution >= 0.6 is 27.7 Å². The van der Waals surface area contributed by atoms with Gasteiger partial charge in [-0.05, 0) is 53.2 Å². The van der Waals surface area contributed by atoms with E-state index in [1.54, 1.807) is 44.5 Å². The maximum atomic E-state index is 12.7. The average molecular weight is 476 g/mol. The lowest BCUT2D eigenvalue weighted by Crippen LogP contribution is -2.23. The van der Waals surface area contributed by atoms with Crippen LogP contribution in [0, 0.1) is 0 Å². The van der Waals surface area contributed by atoms with Gasteiger partial charge in [-0.1, -0.05) is 28.1 Å². The first kappa shape index (κ1) is 20.9. The number of carbonyl (C=O) groups excluding carboxylic acids is 2. The van der Waals surface area contributed by atoms with Gasteiger partial charge in [-0.15, -0.1) is 0 Å². The Kier molecular flexibility index (Phi) is 6.29. The summed E-state index contributed by atoms with van der Waals surface area (Å²) >= 11 is 4.67. The molecule has 0 unspecified atom stereocenters. The lowest BCUT2D eigenvalue weighted by atomic mass is 10.2. The predicted octanol–water partition coefficient (Wildman–Crippen LogP) is 3.06. The van der Waals surface area contributed by atoms with Crippen LogP contribution in [0.4, 0.5) is 5.69 Å². The second kappa shape index (κ2) is 8.71. The van der Waals surface area contributed by atoms with Crippen LogP contribution < -0.4 is 14.6 Å². The standard InChI is InChI=1S/C20H17BrN2O5S/c1-23-18(24)17(9-12-8-15(27-2)16(28-3)10-14(12)21)29-20(23)22-13-6-4-5-11(7-13)19(25)26/h4-10H,1-3H3,(H,25,26)/p-1/b17-9-,22-20?. The third-order valence-corrected chi connectivity index (χ3v) is 5.85. The van der Waals surface area contributed by atoms with E-state index in [0.29, 0.717) is 27.3 Å². The van der Waals surface area contributed by atoms with Gasteiger partial charge in [0.2, 0.25) is 0 Å². The molecule has 0 saturated carbocycles. The maximum Gasteiger partial charge on any atom is 0.266 e. The van der Waals surface area contributed by atoms with E-state index in [4.69, 9.17) is 9.47 Å². The van der Waals surface area contributed by atoms with E-state index < -0.39 is 5.97 Å². The van der Waals surface area contributed by atoms with Gasteiger partial charge >= 0.3 is 0 Å². The molecule has 1 aliphatic heterocycles. The van der Waals surface area contributed by atoms with Crippen LogP contribution in [0.15, 0.2) is 50.8 Å². The number of thioether (sulfide) groups is 1. The number of amidine groups is 1. The van der Waals surface area contributed by atoms with Gasteiger partial charge in [-0.2, -0.15) is 0 Å². The van der Waals surface area contributed by atoms with E-state index in [1.165, 1.54) is 35.9 Å². The largest absolute Gasteiger partial charge is 0.545 e. The zero-order valence-corrected chi connectivity index (χ0v) is 18.2. The normalized spacial score (nSPS) is 16.6. The van der Waals surface area contributed by atoms with Crippen LogP contribution in [0.25, 0.3) is 6.08 Å². The van der Waals surface area contributed by atoms with Crippen molar-refractivity contribution in [2.45, 2.75) is 0 Å². The number of hydrogen-bond donors (Lipinski definition) is 0. The number of hydrogen-bond acceptors (Lipinski definition) is 7. The summed E-state index contributed by atoms with van der Waals surface area (Å²) in [5.74, 6) is -0.389. The zero-order valence-electron chi connectivity index (χ0n) is 15.8. The highest BCUT2D eigenvalue weighted by molar-refractivity contribution is 9.10. The molecule has 1 heterocycles. The molecular formula is C20H16BrN2O5S-. The second-order valence-corrected chi connectivity index (χ2v) is 7.80. The molecule has 9 heteroatoms. The van der Waals surface area contributed by atoms with Gasteiger partial charge < -0.3 is 19.4 Å². The van der Waals surface area contributed by atoms with E-state index in [-0.39, 0.29) is 11.5 Å². The monoisotopic (exact) mass is 475 g/mol. The number of ether oxygens (including phenoxy) is 2. The van der Waals surface area contributed by atoms with Crippen LogP contribution in [-0.2, 0) is 4.79 Å². The molecule has 3 rings (SSSR count). The number of aliphatic imine (C=N–C) groups is 1. The van der Waals surface area contributed by atoms with Crippen molar-refractivity contribution in [2.75, 3.05) is 21.3 Å². The molecule has 150 valence electrons. The van der Waals surface area contributed by atoms with Crippen molar-refractivity contribution in [3.63, 3.8) is 0 Å². The molecule has 29 heavy (non-hydrogen) atoms. The molecule has 0 aliphatic carbocycles. The Morgan fingerprint density at radius 3 is 2.55 bits per heavy atom. The molecule has 0 spiro atoms. The number of amides is 1. The van der Waals surface area contributed by atoms with E-state index in [9.17, 15) is 14.7 Å². The molecule has 0 N–H and O–H groups in total. The first-order valence-corrected chi connectivity index (χ1v) is 9.94. The summed E-state index contributed by atoms with van der Waals surface area (Å²) in [4.78, 5) is 30.0. The lowest BCUT2D eigenvalue weighted by molar-refractivity contribution is -0.255. The summed E-state index contributed by atoms with van der Waals surface area (Å²) in [5.41, 5.74) is 1.18. The molecule has 0 bridgehead atoms. The highest BCUT2D eigenvalue weighted by atomic mass is 79.9. The molecule has 1 saturated heterocycles. The van der Waals surface area contributed by atoms with Crippen molar-refractivity contribution in [3.8, 4) is 11.5 Å². The Hall–Kier alpha value is -2.78. The Morgan fingerprint density at radius 1 is 1.21 bits per heavy atom. The molecule has 7 nitrogen and oxygen atoms in total. The van der Waals surface area contributed by atoms with Crippen LogP contribution in [-0.4, -0.2) is 43.2 Å². The SMILES string of the molecule is COc1cc(Br)c(/C=C2\SC(=Nc3cccc(C(=O)[O-])c3)N(C)C2=O)cc1OC. The number of aromatic carboxylic acids is 1. The summed E-state index contributed by atoms with van der Waals surface area (Å²) < 4.78 is 11.3. The van der Waals surface area contributed by atoms with Crippen molar-refractivity contribution in [1.82, 2.24) is 4.90 Å². The first-order valence-electron chi connectivity index (χ1n) is 8.33. The molecule has 0 atom stereocenters. The van der Waals surface area contributed by atoms with Crippen molar-refractivity contribution in [2.24, 2.45) is 4.99 Å². The fourth-order valence-corrected chi connectivity index (χ4v) is 4.00. The van der Waals surface area contributed by atoms with Crippen LogP contribution in [0.3, 0.4) is 0 Å². The zero-order chi connectivity index (χ0) is 21.1. The molecule has 2 aromatic carbocycles. The Labute approximate surface area is 180 Å². The smallest absolute Gasteiger partial charge is 0.266 e. The second-order valence-electron chi connectivity index (χ2n) is 5.94. The van der Waals surface area contributed by atoms with Gasteiger partial charge in [0.15, 0.2) is 16.7 Å². The van der Waals surface area contributed by atoms with Gasteiger partial charge in [-0.3, -0.25) is 9.69 Å². The quantitative estimate of drug-likeness (QED) is 0.617. The van der Waals surface area contributed by atoms with Gasteiger partial charge in [0.25, 0.3) is 5.91 Å². The van der Waals surface area contributed by atoms with Crippen molar-refractivity contribution >= 4 is 56.5 Å². The number of carbonyl (C=O) groups is 2. The van der Waals surface area contributed by atoms with Gasteiger partial charge in [0.1, 0.15) is 0 Å². The molecule has 0 aromatic heterocycles. The van der Waals surface area contributed by atoms with E-state index in [0.717, 1.165) is 10.0 Å². The van der Waals surface area contributed by atoms with E-state index in [1.807, 2.05) is 0 Å². The van der Waals surface area contributed by atoms with Gasteiger partial charge in [0.05, 0.1) is 30.8 Å². The van der Waals surface area contributed by atoms with E-state index in [2.05, 4.69) is 20.9 Å². The Balaban J connectivity index is 1.95. The average Bonchev–Trinajstić information content (AvgIpc) is 2.97. The van der Waals surface area contributed by atoms with Crippen molar-refractivity contribution in [1.29, 1.82) is 0 Å². The van der Waals surface area contributed by atoms with Crippen LogP contribution in [0.2, 0.25) is 0 Å². The lowest BCUT2D eigenvalue weighted by Gasteiger charge is -2.10. The number of methoxy groups -OCH3 is 2. The van der Waals surface area contributed by atoms with Gasteiger partial charge in [0, 0.05) is 11.5 Å². The molecule has 1 fully saturated rings. The highest BCUT2D eigenvalue weighted by Crippen LogP contribution is 2.38. The van der Waals surface area contributed by atoms with E-state index >= 15 is 0 Å². The number of rotatable bonds is 5. The number of carboxylic acid groups (broad SMARTS) is 1. The first-order chi connectivity index (χ1) is 13.8. The summed E-state index contributed by atoms with van der Waals surface area (Å²) in [6.07, 6.45) is 1.73. The van der Waals surface area contributed by atoms with Crippen molar-refractivity contribution in [3.05, 3.63) is 56.9 Å². The summed E-state index contributed by atoms with van der Waals surface area (Å²) in [6.45, 7) is 0. The fraction of sp³-hybridized carbons (Fsp3) is 0.150. The topological polar surface area (TPSA) is 91.3 Å². The third-order valence-electron chi connectivity index (χ3n) is 4.10. The summed E-state index contributed by atoms with van der Waals surface area (Å²) in [7, 11) is 4.70. The minimum Gasteiger partial charge on any atom is -0.545 e. The minimum atomic E-state index is -1.28. The van der Waals surface area contributed by atoms with Gasteiger partial charge in [-0.25, -0.2) is 4.99 Å². The number of benzene rings is 2.